The highest BCUT2D eigenvalue weighted by Crippen LogP contribution is 2.35. The molecule has 0 aromatic carbocycles. The van der Waals surface area contributed by atoms with Crippen LogP contribution >= 0.6 is 0 Å². The van der Waals surface area contributed by atoms with E-state index in [1.165, 1.54) is 44.9 Å². The molecule has 76 valence electrons. The zero-order valence-electron chi connectivity index (χ0n) is 8.43. The summed E-state index contributed by atoms with van der Waals surface area (Å²) in [7, 11) is 0. The van der Waals surface area contributed by atoms with E-state index in [0.29, 0.717) is 5.92 Å². The smallest absolute Gasteiger partial charge is 0.0512 e. The quantitative estimate of drug-likeness (QED) is 0.632. The van der Waals surface area contributed by atoms with Gasteiger partial charge in [0.25, 0.3) is 0 Å². The Labute approximate surface area is 80.8 Å². The van der Waals surface area contributed by atoms with Crippen LogP contribution < -0.4 is 5.73 Å². The second kappa shape index (κ2) is 3.97. The molecule has 1 unspecified atom stereocenters. The Kier molecular flexibility index (Phi) is 2.89. The van der Waals surface area contributed by atoms with Crippen molar-refractivity contribution in [2.24, 2.45) is 11.7 Å². The van der Waals surface area contributed by atoms with Gasteiger partial charge in [-0.25, -0.2) is 0 Å². The normalized spacial score (nSPS) is 34.4. The third-order valence-electron chi connectivity index (χ3n) is 3.78. The van der Waals surface area contributed by atoms with Crippen LogP contribution in [-0.4, -0.2) is 18.8 Å². The highest BCUT2D eigenvalue weighted by Gasteiger charge is 2.37. The highest BCUT2D eigenvalue weighted by molar-refractivity contribution is 4.93. The fraction of sp³-hybridized carbons (Fsp3) is 1.00. The van der Waals surface area contributed by atoms with Crippen LogP contribution in [0.4, 0.5) is 0 Å². The Hall–Kier alpha value is -0.0800. The van der Waals surface area contributed by atoms with Crippen molar-refractivity contribution in [2.75, 3.05) is 13.2 Å². The summed E-state index contributed by atoms with van der Waals surface area (Å²) in [4.78, 5) is 0. The molecule has 0 spiro atoms. The summed E-state index contributed by atoms with van der Waals surface area (Å²) >= 11 is 0. The molecule has 1 aliphatic carbocycles. The average Bonchev–Trinajstić information content (AvgIpc) is 2.57. The van der Waals surface area contributed by atoms with Gasteiger partial charge in [-0.15, -0.1) is 0 Å². The van der Waals surface area contributed by atoms with E-state index in [2.05, 4.69) is 0 Å². The zero-order chi connectivity index (χ0) is 9.15. The number of nitrogens with two attached hydrogens (primary N) is 1. The summed E-state index contributed by atoms with van der Waals surface area (Å²) in [5.41, 5.74) is 6.60. The second-order valence-electron chi connectivity index (χ2n) is 4.71. The molecule has 0 aromatic rings. The van der Waals surface area contributed by atoms with E-state index in [9.17, 15) is 0 Å². The van der Waals surface area contributed by atoms with E-state index >= 15 is 0 Å². The van der Waals surface area contributed by atoms with Crippen molar-refractivity contribution in [1.82, 2.24) is 0 Å². The summed E-state index contributed by atoms with van der Waals surface area (Å²) in [6, 6.07) is 0. The highest BCUT2D eigenvalue weighted by atomic mass is 16.5. The molecule has 2 aliphatic rings. The zero-order valence-corrected chi connectivity index (χ0v) is 8.43. The first-order valence-electron chi connectivity index (χ1n) is 5.68. The van der Waals surface area contributed by atoms with Crippen LogP contribution in [0.3, 0.4) is 0 Å². The summed E-state index contributed by atoms with van der Waals surface area (Å²) in [6.45, 7) is 1.85. The van der Waals surface area contributed by atoms with E-state index in [1.54, 1.807) is 0 Å². The maximum Gasteiger partial charge on any atom is 0.0512 e. The Morgan fingerprint density at radius 1 is 1.08 bits per heavy atom. The molecule has 2 heteroatoms. The Bertz CT molecular complexity index is 155. The van der Waals surface area contributed by atoms with Crippen LogP contribution in [0.25, 0.3) is 0 Å². The van der Waals surface area contributed by atoms with Gasteiger partial charge in [-0.05, 0) is 19.3 Å². The van der Waals surface area contributed by atoms with E-state index in [0.717, 1.165) is 13.2 Å². The lowest BCUT2D eigenvalue weighted by atomic mass is 9.78. The van der Waals surface area contributed by atoms with E-state index in [4.69, 9.17) is 10.5 Å². The molecular weight excluding hydrogens is 162 g/mol. The summed E-state index contributed by atoms with van der Waals surface area (Å²) in [5.74, 6) is 0.644. The van der Waals surface area contributed by atoms with Gasteiger partial charge in [-0.1, -0.05) is 25.7 Å². The van der Waals surface area contributed by atoms with Gasteiger partial charge < -0.3 is 10.5 Å². The Balaban J connectivity index is 1.98. The largest absolute Gasteiger partial charge is 0.381 e. The predicted molar refractivity (Wildman–Crippen MR) is 53.5 cm³/mol. The molecule has 2 rings (SSSR count). The van der Waals surface area contributed by atoms with Gasteiger partial charge in [0.05, 0.1) is 6.61 Å². The molecule has 2 N–H and O–H groups in total. The van der Waals surface area contributed by atoms with Crippen molar-refractivity contribution in [3.8, 4) is 0 Å². The molecule has 2 fully saturated rings. The SMILES string of the molecule is NC1(C2CCOC2)CCCCCC1. The maximum atomic E-state index is 6.48. The van der Waals surface area contributed by atoms with Crippen LogP contribution in [-0.2, 0) is 4.74 Å². The molecule has 1 heterocycles. The molecule has 1 aliphatic heterocycles. The third kappa shape index (κ3) is 2.05. The van der Waals surface area contributed by atoms with Gasteiger partial charge in [0.1, 0.15) is 0 Å². The van der Waals surface area contributed by atoms with Crippen LogP contribution in [0.2, 0.25) is 0 Å². The molecule has 1 atom stereocenters. The van der Waals surface area contributed by atoms with Crippen LogP contribution in [0, 0.1) is 5.92 Å². The van der Waals surface area contributed by atoms with Crippen LogP contribution in [0.5, 0.6) is 0 Å². The van der Waals surface area contributed by atoms with E-state index < -0.39 is 0 Å². The molecule has 2 nitrogen and oxygen atoms in total. The predicted octanol–water partition coefficient (Wildman–Crippen LogP) is 2.07. The monoisotopic (exact) mass is 183 g/mol. The van der Waals surface area contributed by atoms with Crippen molar-refractivity contribution in [2.45, 2.75) is 50.5 Å². The van der Waals surface area contributed by atoms with Crippen molar-refractivity contribution < 1.29 is 4.74 Å². The van der Waals surface area contributed by atoms with Crippen LogP contribution in [0.1, 0.15) is 44.9 Å². The fourth-order valence-corrected chi connectivity index (χ4v) is 2.78. The number of ether oxygens (including phenoxy) is 1. The average molecular weight is 183 g/mol. The van der Waals surface area contributed by atoms with E-state index in [1.807, 2.05) is 0 Å². The minimum absolute atomic E-state index is 0.118. The lowest BCUT2D eigenvalue weighted by Gasteiger charge is -2.33. The third-order valence-corrected chi connectivity index (χ3v) is 3.78. The molecule has 13 heavy (non-hydrogen) atoms. The summed E-state index contributed by atoms with van der Waals surface area (Å²) in [5, 5.41) is 0. The minimum atomic E-state index is 0.118. The Morgan fingerprint density at radius 2 is 1.77 bits per heavy atom. The van der Waals surface area contributed by atoms with Crippen molar-refractivity contribution in [3.05, 3.63) is 0 Å². The van der Waals surface area contributed by atoms with Crippen molar-refractivity contribution in [3.63, 3.8) is 0 Å². The minimum Gasteiger partial charge on any atom is -0.381 e. The number of rotatable bonds is 1. The summed E-state index contributed by atoms with van der Waals surface area (Å²) < 4.78 is 5.44. The van der Waals surface area contributed by atoms with Gasteiger partial charge in [0.2, 0.25) is 0 Å². The molecular formula is C11H21NO. The van der Waals surface area contributed by atoms with Gasteiger partial charge in [-0.3, -0.25) is 0 Å². The van der Waals surface area contributed by atoms with Crippen LogP contribution in [0.15, 0.2) is 0 Å². The van der Waals surface area contributed by atoms with Gasteiger partial charge in [0, 0.05) is 18.1 Å². The first-order chi connectivity index (χ1) is 6.31. The first kappa shape index (κ1) is 9.47. The molecule has 0 radical (unpaired) electrons. The second-order valence-corrected chi connectivity index (χ2v) is 4.71. The van der Waals surface area contributed by atoms with Gasteiger partial charge >= 0.3 is 0 Å². The molecule has 0 bridgehead atoms. The van der Waals surface area contributed by atoms with E-state index in [-0.39, 0.29) is 5.54 Å². The molecule has 0 amide bonds. The standard InChI is InChI=1S/C11H21NO/c12-11(10-5-8-13-9-10)6-3-1-2-4-7-11/h10H,1-9,12H2. The lowest BCUT2D eigenvalue weighted by Crippen LogP contribution is -2.47. The maximum absolute atomic E-state index is 6.48. The summed E-state index contributed by atoms with van der Waals surface area (Å²) in [6.07, 6.45) is 9.05. The molecule has 1 saturated carbocycles. The Morgan fingerprint density at radius 3 is 2.31 bits per heavy atom. The molecule has 0 aromatic heterocycles. The van der Waals surface area contributed by atoms with Gasteiger partial charge in [0.15, 0.2) is 0 Å². The number of hydrogen-bond donors (Lipinski definition) is 1. The molecule has 1 saturated heterocycles. The fourth-order valence-electron chi connectivity index (χ4n) is 2.78. The first-order valence-corrected chi connectivity index (χ1v) is 5.68. The lowest BCUT2D eigenvalue weighted by molar-refractivity contribution is 0.155. The topological polar surface area (TPSA) is 35.2 Å². The van der Waals surface area contributed by atoms with Crippen molar-refractivity contribution >= 4 is 0 Å². The van der Waals surface area contributed by atoms with Gasteiger partial charge in [-0.2, -0.15) is 0 Å². The van der Waals surface area contributed by atoms with Crippen molar-refractivity contribution in [1.29, 1.82) is 0 Å². The number of hydrogen-bond acceptors (Lipinski definition) is 2.